The molecule has 1 atom stereocenters. The van der Waals surface area contributed by atoms with Gasteiger partial charge in [0.2, 0.25) is 0 Å². The van der Waals surface area contributed by atoms with Gasteiger partial charge < -0.3 is 5.11 Å². The van der Waals surface area contributed by atoms with Crippen LogP contribution in [-0.2, 0) is 0 Å². The van der Waals surface area contributed by atoms with Crippen LogP contribution in [0.15, 0.2) is 17.5 Å². The minimum atomic E-state index is -0.486. The van der Waals surface area contributed by atoms with E-state index in [2.05, 4.69) is 37.9 Å². The number of aryl methyl sites for hydroxylation is 3. The zero-order valence-corrected chi connectivity index (χ0v) is 11.4. The predicted octanol–water partition coefficient (Wildman–Crippen LogP) is 3.79. The van der Waals surface area contributed by atoms with Crippen molar-refractivity contribution in [2.24, 2.45) is 0 Å². The van der Waals surface area contributed by atoms with E-state index in [1.54, 1.807) is 6.92 Å². The lowest BCUT2D eigenvalue weighted by molar-refractivity contribution is 0.199. The molecule has 90 valence electrons. The summed E-state index contributed by atoms with van der Waals surface area (Å²) in [5.74, 6) is 0. The molecule has 0 saturated carbocycles. The Balaban J connectivity index is 2.52. The van der Waals surface area contributed by atoms with Gasteiger partial charge in [0.1, 0.15) is 11.1 Å². The summed E-state index contributed by atoms with van der Waals surface area (Å²) in [6.07, 6.45) is -0.486. The topological polar surface area (TPSA) is 33.1 Å². The number of thiazole rings is 1. The number of aromatic nitrogens is 1. The van der Waals surface area contributed by atoms with Gasteiger partial charge in [-0.2, -0.15) is 0 Å². The van der Waals surface area contributed by atoms with Crippen molar-refractivity contribution in [2.75, 3.05) is 0 Å². The van der Waals surface area contributed by atoms with Crippen LogP contribution in [0, 0.1) is 20.8 Å². The molecule has 1 N–H and O–H groups in total. The first kappa shape index (κ1) is 12.3. The van der Waals surface area contributed by atoms with Crippen molar-refractivity contribution in [1.29, 1.82) is 0 Å². The molecule has 0 saturated heterocycles. The third-order valence-electron chi connectivity index (χ3n) is 2.81. The van der Waals surface area contributed by atoms with Crippen LogP contribution in [0.4, 0.5) is 0 Å². The Bertz CT molecular complexity index is 520. The van der Waals surface area contributed by atoms with E-state index in [1.807, 2.05) is 5.38 Å². The van der Waals surface area contributed by atoms with E-state index in [0.29, 0.717) is 0 Å². The van der Waals surface area contributed by atoms with Crippen molar-refractivity contribution in [3.05, 3.63) is 39.2 Å². The first-order valence-electron chi connectivity index (χ1n) is 5.70. The van der Waals surface area contributed by atoms with Gasteiger partial charge in [0.05, 0.1) is 5.69 Å². The fraction of sp³-hybridized carbons (Fsp3) is 0.357. The monoisotopic (exact) mass is 247 g/mol. The van der Waals surface area contributed by atoms with Gasteiger partial charge in [0.25, 0.3) is 0 Å². The molecule has 0 aliphatic rings. The summed E-state index contributed by atoms with van der Waals surface area (Å²) in [4.78, 5) is 4.50. The zero-order valence-electron chi connectivity index (χ0n) is 10.6. The molecule has 3 heteroatoms. The van der Waals surface area contributed by atoms with Gasteiger partial charge >= 0.3 is 0 Å². The molecule has 2 nitrogen and oxygen atoms in total. The fourth-order valence-corrected chi connectivity index (χ4v) is 2.93. The Morgan fingerprint density at radius 1 is 1.18 bits per heavy atom. The molecule has 17 heavy (non-hydrogen) atoms. The number of hydrogen-bond acceptors (Lipinski definition) is 3. The molecule has 0 amide bonds. The lowest BCUT2D eigenvalue weighted by Crippen LogP contribution is -1.93. The summed E-state index contributed by atoms with van der Waals surface area (Å²) in [6.45, 7) is 8.07. The van der Waals surface area contributed by atoms with Gasteiger partial charge in [-0.25, -0.2) is 4.98 Å². The molecule has 1 heterocycles. The summed E-state index contributed by atoms with van der Waals surface area (Å²) in [5, 5.41) is 12.3. The van der Waals surface area contributed by atoms with E-state index in [1.165, 1.54) is 33.6 Å². The molecule has 2 aromatic rings. The van der Waals surface area contributed by atoms with Gasteiger partial charge in [-0.05, 0) is 38.8 Å². The fourth-order valence-electron chi connectivity index (χ4n) is 2.18. The second-order valence-corrected chi connectivity index (χ2v) is 5.41. The molecular weight excluding hydrogens is 230 g/mol. The van der Waals surface area contributed by atoms with Gasteiger partial charge in [-0.3, -0.25) is 0 Å². The Morgan fingerprint density at radius 3 is 2.24 bits per heavy atom. The number of benzene rings is 1. The van der Waals surface area contributed by atoms with Gasteiger partial charge in [-0.15, -0.1) is 11.3 Å². The average molecular weight is 247 g/mol. The summed E-state index contributed by atoms with van der Waals surface area (Å²) >= 11 is 1.51. The van der Waals surface area contributed by atoms with Crippen LogP contribution < -0.4 is 0 Å². The molecule has 0 fully saturated rings. The highest BCUT2D eigenvalue weighted by Gasteiger charge is 2.12. The third kappa shape index (κ3) is 2.40. The average Bonchev–Trinajstić information content (AvgIpc) is 2.65. The molecule has 1 aromatic carbocycles. The lowest BCUT2D eigenvalue weighted by Gasteiger charge is -2.08. The van der Waals surface area contributed by atoms with Gasteiger partial charge in [-0.1, -0.05) is 17.7 Å². The highest BCUT2D eigenvalue weighted by atomic mass is 32.1. The van der Waals surface area contributed by atoms with E-state index in [0.717, 1.165) is 10.7 Å². The van der Waals surface area contributed by atoms with E-state index in [9.17, 15) is 5.11 Å². The van der Waals surface area contributed by atoms with E-state index >= 15 is 0 Å². The van der Waals surface area contributed by atoms with Crippen LogP contribution in [0.3, 0.4) is 0 Å². The molecule has 0 spiro atoms. The van der Waals surface area contributed by atoms with Gasteiger partial charge in [0, 0.05) is 10.9 Å². The lowest BCUT2D eigenvalue weighted by atomic mass is 9.98. The summed E-state index contributed by atoms with van der Waals surface area (Å²) in [6, 6.07) is 4.34. The first-order chi connectivity index (χ1) is 7.99. The maximum atomic E-state index is 9.51. The minimum Gasteiger partial charge on any atom is -0.386 e. The highest BCUT2D eigenvalue weighted by Crippen LogP contribution is 2.30. The van der Waals surface area contributed by atoms with Crippen LogP contribution >= 0.6 is 11.3 Å². The molecule has 0 radical (unpaired) electrons. The van der Waals surface area contributed by atoms with Crippen molar-refractivity contribution in [2.45, 2.75) is 33.8 Å². The number of nitrogens with zero attached hydrogens (tertiary/aromatic N) is 1. The van der Waals surface area contributed by atoms with Crippen molar-refractivity contribution < 1.29 is 5.11 Å². The van der Waals surface area contributed by atoms with Crippen molar-refractivity contribution >= 4 is 11.3 Å². The van der Waals surface area contributed by atoms with Crippen molar-refractivity contribution in [1.82, 2.24) is 4.98 Å². The molecule has 1 unspecified atom stereocenters. The largest absolute Gasteiger partial charge is 0.386 e. The third-order valence-corrected chi connectivity index (χ3v) is 3.83. The molecule has 0 aliphatic carbocycles. The predicted molar refractivity (Wildman–Crippen MR) is 72.4 cm³/mol. The molecule has 0 bridgehead atoms. The number of hydrogen-bond donors (Lipinski definition) is 1. The van der Waals surface area contributed by atoms with Gasteiger partial charge in [0.15, 0.2) is 0 Å². The first-order valence-corrected chi connectivity index (χ1v) is 6.58. The van der Waals surface area contributed by atoms with E-state index < -0.39 is 6.10 Å². The molecule has 1 aromatic heterocycles. The van der Waals surface area contributed by atoms with E-state index in [4.69, 9.17) is 0 Å². The van der Waals surface area contributed by atoms with Crippen molar-refractivity contribution in [3.8, 4) is 11.3 Å². The Kier molecular flexibility index (Phi) is 3.31. The van der Waals surface area contributed by atoms with Crippen LogP contribution in [0.2, 0.25) is 0 Å². The standard InChI is InChI=1S/C14H17NOS/c1-8-5-9(2)13(10(3)6-8)12-7-17-14(15-12)11(4)16/h5-7,11,16H,1-4H3. The number of rotatable bonds is 2. The van der Waals surface area contributed by atoms with E-state index in [-0.39, 0.29) is 0 Å². The smallest absolute Gasteiger partial charge is 0.122 e. The summed E-state index contributed by atoms with van der Waals surface area (Å²) in [5.41, 5.74) is 5.92. The Hall–Kier alpha value is -1.19. The second-order valence-electron chi connectivity index (χ2n) is 4.52. The Morgan fingerprint density at radius 2 is 1.76 bits per heavy atom. The minimum absolute atomic E-state index is 0.486. The maximum absolute atomic E-state index is 9.51. The maximum Gasteiger partial charge on any atom is 0.122 e. The quantitative estimate of drug-likeness (QED) is 0.876. The summed E-state index contributed by atoms with van der Waals surface area (Å²) in [7, 11) is 0. The molecule has 0 aliphatic heterocycles. The number of aliphatic hydroxyl groups excluding tert-OH is 1. The van der Waals surface area contributed by atoms with Crippen LogP contribution in [0.1, 0.15) is 34.7 Å². The number of aliphatic hydroxyl groups is 1. The zero-order chi connectivity index (χ0) is 12.6. The van der Waals surface area contributed by atoms with Crippen LogP contribution in [0.5, 0.6) is 0 Å². The normalized spacial score (nSPS) is 12.8. The molecular formula is C14H17NOS. The van der Waals surface area contributed by atoms with Crippen LogP contribution in [0.25, 0.3) is 11.3 Å². The summed E-state index contributed by atoms with van der Waals surface area (Å²) < 4.78 is 0. The highest BCUT2D eigenvalue weighted by molar-refractivity contribution is 7.10. The second kappa shape index (κ2) is 4.59. The SMILES string of the molecule is Cc1cc(C)c(-c2csc(C(C)O)n2)c(C)c1. The Labute approximate surface area is 106 Å². The molecule has 2 rings (SSSR count). The van der Waals surface area contributed by atoms with Crippen LogP contribution in [-0.4, -0.2) is 10.1 Å². The van der Waals surface area contributed by atoms with Crippen molar-refractivity contribution in [3.63, 3.8) is 0 Å².